The number of nitrogens with zero attached hydrogens (tertiary/aromatic N) is 6. The Bertz CT molecular complexity index is 1230. The van der Waals surface area contributed by atoms with E-state index in [4.69, 9.17) is 9.72 Å². The highest BCUT2D eigenvalue weighted by Gasteiger charge is 2.36. The van der Waals surface area contributed by atoms with Crippen LogP contribution in [-0.4, -0.2) is 43.7 Å². The highest BCUT2D eigenvalue weighted by atomic mass is 16.5. The molecule has 2 aromatic heterocycles. The van der Waals surface area contributed by atoms with Crippen LogP contribution in [0.15, 0.2) is 30.7 Å². The predicted octanol–water partition coefficient (Wildman–Crippen LogP) is 3.66. The van der Waals surface area contributed by atoms with E-state index in [0.717, 1.165) is 17.8 Å². The number of hydrogen-bond donors (Lipinski definition) is 2. The molecular weight excluding hydrogens is 410 g/mol. The number of hydrogen-bond acceptors (Lipinski definition) is 8. The van der Waals surface area contributed by atoms with Crippen LogP contribution in [0.3, 0.4) is 0 Å². The number of carbonyl (C=O) groups is 1. The van der Waals surface area contributed by atoms with E-state index < -0.39 is 5.97 Å². The zero-order chi connectivity index (χ0) is 23.0. The molecule has 10 nitrogen and oxygen atoms in total. The molecule has 164 valence electrons. The Morgan fingerprint density at radius 1 is 1.38 bits per heavy atom. The minimum atomic E-state index is -1.04. The Kier molecular flexibility index (Phi) is 5.40. The van der Waals surface area contributed by atoms with Gasteiger partial charge in [-0.3, -0.25) is 4.57 Å². The second-order valence-electron chi connectivity index (χ2n) is 7.63. The van der Waals surface area contributed by atoms with Crippen molar-refractivity contribution in [3.63, 3.8) is 0 Å². The number of nitriles is 1. The number of nitrogens with one attached hydrogen (secondary N) is 1. The van der Waals surface area contributed by atoms with Gasteiger partial charge in [-0.05, 0) is 38.5 Å². The molecule has 10 heteroatoms. The molecule has 0 bridgehead atoms. The maximum Gasteiger partial charge on any atom is 0.335 e. The summed E-state index contributed by atoms with van der Waals surface area (Å²) < 4.78 is 7.23. The summed E-state index contributed by atoms with van der Waals surface area (Å²) in [4.78, 5) is 27.0. The number of carboxylic acids is 1. The first-order valence-corrected chi connectivity index (χ1v) is 10.2. The van der Waals surface area contributed by atoms with E-state index in [1.165, 1.54) is 19.2 Å². The summed E-state index contributed by atoms with van der Waals surface area (Å²) in [5.74, 6) is 0.431. The molecule has 0 radical (unpaired) electrons. The normalized spacial score (nSPS) is 14.5. The molecule has 0 spiro atoms. The number of aromatic carboxylic acids is 1. The van der Waals surface area contributed by atoms with Crippen LogP contribution in [0.5, 0.6) is 5.75 Å². The first-order valence-electron chi connectivity index (χ1n) is 10.2. The summed E-state index contributed by atoms with van der Waals surface area (Å²) in [6, 6.07) is 6.74. The van der Waals surface area contributed by atoms with Crippen LogP contribution in [0.4, 0.5) is 17.5 Å². The highest BCUT2D eigenvalue weighted by molar-refractivity contribution is 5.90. The Balaban J connectivity index is 1.83. The molecule has 0 saturated carbocycles. The summed E-state index contributed by atoms with van der Waals surface area (Å²) in [5.41, 5.74) is 2.51. The van der Waals surface area contributed by atoms with Crippen molar-refractivity contribution in [2.75, 3.05) is 17.3 Å². The zero-order valence-corrected chi connectivity index (χ0v) is 18.2. The summed E-state index contributed by atoms with van der Waals surface area (Å²) in [6.07, 6.45) is 4.06. The van der Waals surface area contributed by atoms with Crippen LogP contribution in [0.1, 0.15) is 55.0 Å². The molecule has 0 amide bonds. The van der Waals surface area contributed by atoms with Crippen molar-refractivity contribution in [2.24, 2.45) is 0 Å². The summed E-state index contributed by atoms with van der Waals surface area (Å²) in [6.45, 7) is 6.20. The number of anilines is 3. The van der Waals surface area contributed by atoms with Crippen LogP contribution < -0.4 is 15.0 Å². The average molecular weight is 433 g/mol. The molecule has 1 aliphatic heterocycles. The molecule has 2 N–H and O–H groups in total. The van der Waals surface area contributed by atoms with Crippen molar-refractivity contribution < 1.29 is 14.6 Å². The number of imidazole rings is 1. The third-order valence-corrected chi connectivity index (χ3v) is 5.45. The van der Waals surface area contributed by atoms with Crippen LogP contribution >= 0.6 is 0 Å². The van der Waals surface area contributed by atoms with Crippen molar-refractivity contribution in [3.8, 4) is 17.5 Å². The zero-order valence-electron chi connectivity index (χ0n) is 18.2. The van der Waals surface area contributed by atoms with Gasteiger partial charge in [0.1, 0.15) is 23.8 Å². The fraction of sp³-hybridized carbons (Fsp3) is 0.318. The van der Waals surface area contributed by atoms with E-state index in [1.54, 1.807) is 18.6 Å². The summed E-state index contributed by atoms with van der Waals surface area (Å²) >= 11 is 0. The van der Waals surface area contributed by atoms with E-state index in [9.17, 15) is 15.2 Å². The number of rotatable bonds is 6. The van der Waals surface area contributed by atoms with Crippen LogP contribution in [-0.2, 0) is 0 Å². The summed E-state index contributed by atoms with van der Waals surface area (Å²) in [5, 5.41) is 22.0. The van der Waals surface area contributed by atoms with E-state index >= 15 is 0 Å². The van der Waals surface area contributed by atoms with Gasteiger partial charge < -0.3 is 20.1 Å². The number of aromatic nitrogens is 4. The minimum absolute atomic E-state index is 0.0766. The standard InChI is InChI=1S/C22H23N7O3/c1-5-16-19-15(9-23)25-11-28(19)17-10-24-22(27-20(17)29(16)12(2)3)26-14-8-13(21(30)31)6-7-18(14)32-4/h6-8,10-12,16H,5H2,1-4H3,(H,30,31)(H,24,26,27)/t16-/m1/s1. The molecule has 3 aromatic rings. The van der Waals surface area contributed by atoms with Crippen molar-refractivity contribution in [3.05, 3.63) is 47.7 Å². The van der Waals surface area contributed by atoms with Gasteiger partial charge in [-0.2, -0.15) is 10.2 Å². The van der Waals surface area contributed by atoms with Crippen LogP contribution in [0.25, 0.3) is 5.69 Å². The van der Waals surface area contributed by atoms with Crippen LogP contribution in [0, 0.1) is 11.3 Å². The van der Waals surface area contributed by atoms with Gasteiger partial charge in [0.25, 0.3) is 0 Å². The SMILES string of the molecule is CC[C@@H]1c2c(C#N)ncn2-c2cnc(Nc3cc(C(=O)O)ccc3OC)nc2N1C(C)C. The maximum absolute atomic E-state index is 11.4. The van der Waals surface area contributed by atoms with Gasteiger partial charge in [0.15, 0.2) is 11.5 Å². The topological polar surface area (TPSA) is 129 Å². The fourth-order valence-electron chi connectivity index (χ4n) is 4.07. The van der Waals surface area contributed by atoms with Crippen molar-refractivity contribution >= 4 is 23.4 Å². The fourth-order valence-corrected chi connectivity index (χ4v) is 4.07. The predicted molar refractivity (Wildman–Crippen MR) is 118 cm³/mol. The van der Waals surface area contributed by atoms with Gasteiger partial charge in [0.05, 0.1) is 36.3 Å². The van der Waals surface area contributed by atoms with E-state index in [1.807, 2.05) is 4.57 Å². The minimum Gasteiger partial charge on any atom is -0.495 e. The second-order valence-corrected chi connectivity index (χ2v) is 7.63. The molecule has 1 atom stereocenters. The molecule has 1 aliphatic rings. The largest absolute Gasteiger partial charge is 0.495 e. The Morgan fingerprint density at radius 2 is 2.16 bits per heavy atom. The van der Waals surface area contributed by atoms with E-state index in [2.05, 4.69) is 47.0 Å². The molecule has 4 rings (SSSR count). The average Bonchev–Trinajstić information content (AvgIpc) is 3.21. The number of carboxylic acid groups (broad SMARTS) is 1. The van der Waals surface area contributed by atoms with Crippen molar-refractivity contribution in [1.29, 1.82) is 5.26 Å². The van der Waals surface area contributed by atoms with Gasteiger partial charge in [-0.1, -0.05) is 6.92 Å². The molecule has 0 aliphatic carbocycles. The van der Waals surface area contributed by atoms with E-state index in [-0.39, 0.29) is 17.6 Å². The maximum atomic E-state index is 11.4. The van der Waals surface area contributed by atoms with Gasteiger partial charge >= 0.3 is 5.97 Å². The third-order valence-electron chi connectivity index (χ3n) is 5.45. The van der Waals surface area contributed by atoms with Gasteiger partial charge in [0, 0.05) is 6.04 Å². The lowest BCUT2D eigenvalue weighted by Gasteiger charge is -2.40. The number of fused-ring (bicyclic) bond motifs is 3. The Hall–Kier alpha value is -4.13. The monoisotopic (exact) mass is 433 g/mol. The third kappa shape index (κ3) is 3.37. The molecule has 0 fully saturated rings. The first kappa shape index (κ1) is 21.1. The second kappa shape index (κ2) is 8.19. The first-order chi connectivity index (χ1) is 15.4. The lowest BCUT2D eigenvalue weighted by molar-refractivity contribution is 0.0697. The number of methoxy groups -OCH3 is 1. The Morgan fingerprint density at radius 3 is 2.78 bits per heavy atom. The molecular formula is C22H23N7O3. The molecule has 0 unspecified atom stereocenters. The molecule has 0 saturated heterocycles. The lowest BCUT2D eigenvalue weighted by Crippen LogP contribution is -2.40. The van der Waals surface area contributed by atoms with Gasteiger partial charge in [-0.25, -0.2) is 14.8 Å². The highest BCUT2D eigenvalue weighted by Crippen LogP contribution is 2.41. The van der Waals surface area contributed by atoms with Crippen molar-refractivity contribution in [2.45, 2.75) is 39.3 Å². The number of benzene rings is 1. The molecule has 32 heavy (non-hydrogen) atoms. The van der Waals surface area contributed by atoms with Gasteiger partial charge in [0.2, 0.25) is 5.95 Å². The molecule has 1 aromatic carbocycles. The smallest absolute Gasteiger partial charge is 0.335 e. The van der Waals surface area contributed by atoms with Crippen LogP contribution in [0.2, 0.25) is 0 Å². The quantitative estimate of drug-likeness (QED) is 0.598. The Labute approximate surface area is 185 Å². The van der Waals surface area contributed by atoms with Crippen molar-refractivity contribution in [1.82, 2.24) is 19.5 Å². The lowest BCUT2D eigenvalue weighted by atomic mass is 10.0. The summed E-state index contributed by atoms with van der Waals surface area (Å²) in [7, 11) is 1.51. The van der Waals surface area contributed by atoms with Gasteiger partial charge in [-0.15, -0.1) is 0 Å². The molecule has 3 heterocycles. The number of ether oxygens (including phenoxy) is 1. The van der Waals surface area contributed by atoms with E-state index in [0.29, 0.717) is 28.9 Å².